The van der Waals surface area contributed by atoms with Crippen LogP contribution in [0.5, 0.6) is 0 Å². The molecule has 0 radical (unpaired) electrons. The van der Waals surface area contributed by atoms with Gasteiger partial charge in [0.1, 0.15) is 5.82 Å². The molecular formula is C25H23ClN4. The summed E-state index contributed by atoms with van der Waals surface area (Å²) in [6.07, 6.45) is 1.90. The van der Waals surface area contributed by atoms with Gasteiger partial charge >= 0.3 is 0 Å². The van der Waals surface area contributed by atoms with Gasteiger partial charge in [0.25, 0.3) is 0 Å². The summed E-state index contributed by atoms with van der Waals surface area (Å²) in [4.78, 5) is 14.3. The Morgan fingerprint density at radius 2 is 1.60 bits per heavy atom. The van der Waals surface area contributed by atoms with Crippen molar-refractivity contribution in [1.29, 1.82) is 0 Å². The largest absolute Gasteiger partial charge is 0.354 e. The first-order valence-electron chi connectivity index (χ1n) is 10.3. The summed E-state index contributed by atoms with van der Waals surface area (Å²) < 4.78 is 0. The van der Waals surface area contributed by atoms with Crippen molar-refractivity contribution in [2.24, 2.45) is 0 Å². The third kappa shape index (κ3) is 4.02. The Bertz CT molecular complexity index is 1140. The second-order valence-electron chi connectivity index (χ2n) is 7.66. The molecule has 3 heterocycles. The first-order chi connectivity index (χ1) is 14.8. The smallest absolute Gasteiger partial charge is 0.128 e. The normalized spacial score (nSPS) is 14.9. The minimum atomic E-state index is 0.717. The third-order valence-corrected chi connectivity index (χ3v) is 5.97. The summed E-state index contributed by atoms with van der Waals surface area (Å²) in [7, 11) is 0. The standard InChI is InChI=1S/C25H23ClN4/c26-22-16-24(28-23-9-5-4-8-21(22)23)20-10-11-25(27-17-20)30-14-12-29(13-15-30)18-19-6-2-1-3-7-19/h1-11,16-17H,12-15,18H2. The van der Waals surface area contributed by atoms with E-state index in [0.717, 1.165) is 60.7 Å². The van der Waals surface area contributed by atoms with Gasteiger partial charge in [-0.2, -0.15) is 0 Å². The Balaban J connectivity index is 1.27. The van der Waals surface area contributed by atoms with E-state index in [1.54, 1.807) is 0 Å². The first kappa shape index (κ1) is 19.0. The van der Waals surface area contributed by atoms with Crippen molar-refractivity contribution in [3.05, 3.63) is 89.6 Å². The van der Waals surface area contributed by atoms with Crippen LogP contribution in [0, 0.1) is 0 Å². The van der Waals surface area contributed by atoms with Crippen LogP contribution in [0.25, 0.3) is 22.2 Å². The van der Waals surface area contributed by atoms with E-state index in [2.05, 4.69) is 52.3 Å². The summed E-state index contributed by atoms with van der Waals surface area (Å²) in [6, 6.07) is 24.7. The SMILES string of the molecule is Clc1cc(-c2ccc(N3CCN(Cc4ccccc4)CC3)nc2)nc2ccccc12. The quantitative estimate of drug-likeness (QED) is 0.455. The van der Waals surface area contributed by atoms with E-state index < -0.39 is 0 Å². The molecule has 0 amide bonds. The molecule has 0 N–H and O–H groups in total. The predicted molar refractivity (Wildman–Crippen MR) is 124 cm³/mol. The second-order valence-corrected chi connectivity index (χ2v) is 8.07. The number of rotatable bonds is 4. The molecule has 0 atom stereocenters. The van der Waals surface area contributed by atoms with Gasteiger partial charge in [-0.1, -0.05) is 60.1 Å². The number of aromatic nitrogens is 2. The zero-order valence-electron chi connectivity index (χ0n) is 16.7. The molecule has 0 spiro atoms. The van der Waals surface area contributed by atoms with Gasteiger partial charge in [-0.3, -0.25) is 4.90 Å². The van der Waals surface area contributed by atoms with Gasteiger partial charge < -0.3 is 4.90 Å². The Morgan fingerprint density at radius 3 is 2.37 bits per heavy atom. The topological polar surface area (TPSA) is 32.3 Å². The summed E-state index contributed by atoms with van der Waals surface area (Å²) in [5, 5.41) is 1.69. The molecule has 0 saturated carbocycles. The lowest BCUT2D eigenvalue weighted by atomic mass is 10.1. The highest BCUT2D eigenvalue weighted by molar-refractivity contribution is 6.35. The van der Waals surface area contributed by atoms with Crippen LogP contribution in [-0.4, -0.2) is 41.0 Å². The zero-order chi connectivity index (χ0) is 20.3. The molecule has 150 valence electrons. The van der Waals surface area contributed by atoms with Crippen LogP contribution in [-0.2, 0) is 6.54 Å². The average molecular weight is 415 g/mol. The number of piperazine rings is 1. The number of benzene rings is 2. The van der Waals surface area contributed by atoms with Crippen molar-refractivity contribution in [1.82, 2.24) is 14.9 Å². The Morgan fingerprint density at radius 1 is 0.833 bits per heavy atom. The molecule has 1 aliphatic heterocycles. The van der Waals surface area contributed by atoms with Gasteiger partial charge in [0.05, 0.1) is 16.2 Å². The lowest BCUT2D eigenvalue weighted by Crippen LogP contribution is -2.46. The summed E-state index contributed by atoms with van der Waals surface area (Å²) >= 11 is 6.46. The second kappa shape index (κ2) is 8.42. The van der Waals surface area contributed by atoms with Crippen molar-refractivity contribution in [3.8, 4) is 11.3 Å². The molecular weight excluding hydrogens is 392 g/mol. The number of hydrogen-bond acceptors (Lipinski definition) is 4. The molecule has 0 aliphatic carbocycles. The lowest BCUT2D eigenvalue weighted by molar-refractivity contribution is 0.249. The van der Waals surface area contributed by atoms with E-state index in [1.165, 1.54) is 5.56 Å². The number of halogens is 1. The number of fused-ring (bicyclic) bond motifs is 1. The van der Waals surface area contributed by atoms with Crippen LogP contribution in [0.15, 0.2) is 79.0 Å². The van der Waals surface area contributed by atoms with Gasteiger partial charge in [0.2, 0.25) is 0 Å². The molecule has 5 rings (SSSR count). The Hall–Kier alpha value is -2.95. The maximum absolute atomic E-state index is 6.46. The fourth-order valence-electron chi connectivity index (χ4n) is 3.98. The van der Waals surface area contributed by atoms with E-state index in [4.69, 9.17) is 21.6 Å². The van der Waals surface area contributed by atoms with Crippen molar-refractivity contribution < 1.29 is 0 Å². The molecule has 30 heavy (non-hydrogen) atoms. The highest BCUT2D eigenvalue weighted by Crippen LogP contribution is 2.28. The highest BCUT2D eigenvalue weighted by Gasteiger charge is 2.18. The molecule has 2 aromatic heterocycles. The molecule has 0 bridgehead atoms. The summed E-state index contributed by atoms with van der Waals surface area (Å²) in [5.74, 6) is 1.02. The van der Waals surface area contributed by atoms with Gasteiger partial charge in [-0.05, 0) is 29.8 Å². The minimum absolute atomic E-state index is 0.717. The van der Waals surface area contributed by atoms with E-state index in [9.17, 15) is 0 Å². The maximum Gasteiger partial charge on any atom is 0.128 e. The van der Waals surface area contributed by atoms with Crippen molar-refractivity contribution in [3.63, 3.8) is 0 Å². The average Bonchev–Trinajstić information content (AvgIpc) is 2.80. The van der Waals surface area contributed by atoms with Crippen molar-refractivity contribution in [2.75, 3.05) is 31.1 Å². The molecule has 5 heteroatoms. The fourth-order valence-corrected chi connectivity index (χ4v) is 4.25. The lowest BCUT2D eigenvalue weighted by Gasteiger charge is -2.35. The van der Waals surface area contributed by atoms with E-state index >= 15 is 0 Å². The van der Waals surface area contributed by atoms with Crippen LogP contribution in [0.2, 0.25) is 5.02 Å². The fraction of sp³-hybridized carbons (Fsp3) is 0.200. The Labute approximate surface area is 181 Å². The number of hydrogen-bond donors (Lipinski definition) is 0. The van der Waals surface area contributed by atoms with E-state index in [0.29, 0.717) is 5.02 Å². The molecule has 4 aromatic rings. The number of nitrogens with zero attached hydrogens (tertiary/aromatic N) is 4. The molecule has 1 aliphatic rings. The van der Waals surface area contributed by atoms with Gasteiger partial charge in [0.15, 0.2) is 0 Å². The third-order valence-electron chi connectivity index (χ3n) is 5.65. The molecule has 4 nitrogen and oxygen atoms in total. The van der Waals surface area contributed by atoms with E-state index in [1.807, 2.05) is 36.5 Å². The van der Waals surface area contributed by atoms with Crippen LogP contribution in [0.4, 0.5) is 5.82 Å². The monoisotopic (exact) mass is 414 g/mol. The maximum atomic E-state index is 6.46. The minimum Gasteiger partial charge on any atom is -0.354 e. The first-order valence-corrected chi connectivity index (χ1v) is 10.7. The summed E-state index contributed by atoms with van der Waals surface area (Å²) in [6.45, 7) is 5.06. The van der Waals surface area contributed by atoms with Crippen LogP contribution in [0.3, 0.4) is 0 Å². The summed E-state index contributed by atoms with van der Waals surface area (Å²) in [5.41, 5.74) is 4.10. The number of anilines is 1. The van der Waals surface area contributed by atoms with Gasteiger partial charge in [-0.15, -0.1) is 0 Å². The van der Waals surface area contributed by atoms with Gasteiger partial charge in [-0.25, -0.2) is 9.97 Å². The van der Waals surface area contributed by atoms with Crippen LogP contribution in [0.1, 0.15) is 5.56 Å². The van der Waals surface area contributed by atoms with E-state index in [-0.39, 0.29) is 0 Å². The molecule has 2 aromatic carbocycles. The van der Waals surface area contributed by atoms with Gasteiger partial charge in [0, 0.05) is 49.9 Å². The molecule has 1 fully saturated rings. The number of para-hydroxylation sites is 1. The predicted octanol–water partition coefficient (Wildman–Crippen LogP) is 5.27. The highest BCUT2D eigenvalue weighted by atomic mass is 35.5. The van der Waals surface area contributed by atoms with Crippen LogP contribution < -0.4 is 4.90 Å². The van der Waals surface area contributed by atoms with Crippen molar-refractivity contribution >= 4 is 28.3 Å². The Kier molecular flexibility index (Phi) is 5.35. The van der Waals surface area contributed by atoms with Crippen molar-refractivity contribution in [2.45, 2.75) is 6.54 Å². The zero-order valence-corrected chi connectivity index (χ0v) is 17.5. The molecule has 0 unspecified atom stereocenters. The molecule has 1 saturated heterocycles. The van der Waals surface area contributed by atoms with Crippen LogP contribution >= 0.6 is 11.6 Å². The number of pyridine rings is 2.